The van der Waals surface area contributed by atoms with Crippen LogP contribution >= 0.6 is 0 Å². The Balaban J connectivity index is 1.69. The number of carbonyl (C=O) groups excluding carboxylic acids is 1. The molecule has 1 aliphatic heterocycles. The van der Waals surface area contributed by atoms with Crippen molar-refractivity contribution in [1.82, 2.24) is 14.7 Å². The number of benzene rings is 1. The number of Topliss-reactive ketones (excluding diaryl/α,β-unsaturated/α-hetero) is 1. The zero-order valence-electron chi connectivity index (χ0n) is 16.6. The van der Waals surface area contributed by atoms with E-state index in [0.717, 1.165) is 32.5 Å². The molecule has 3 rings (SSSR count). The third-order valence-corrected chi connectivity index (χ3v) is 5.14. The van der Waals surface area contributed by atoms with Crippen molar-refractivity contribution in [2.45, 2.75) is 39.3 Å². The van der Waals surface area contributed by atoms with E-state index >= 15 is 0 Å². The second kappa shape index (κ2) is 8.57. The molecule has 0 spiro atoms. The topological polar surface area (TPSA) is 56.6 Å². The normalized spacial score (nSPS) is 17.9. The van der Waals surface area contributed by atoms with Crippen molar-refractivity contribution in [2.75, 3.05) is 27.3 Å². The molecule has 1 atom stereocenters. The average Bonchev–Trinajstić information content (AvgIpc) is 3.16. The number of rotatable bonds is 7. The van der Waals surface area contributed by atoms with Gasteiger partial charge in [0.2, 0.25) is 0 Å². The Morgan fingerprint density at radius 1 is 1.30 bits per heavy atom. The second-order valence-electron chi connectivity index (χ2n) is 7.43. The number of piperidine rings is 1. The van der Waals surface area contributed by atoms with Gasteiger partial charge in [-0.15, -0.1) is 0 Å². The molecule has 1 aromatic heterocycles. The smallest absolute Gasteiger partial charge is 0.170 e. The molecule has 6 nitrogen and oxygen atoms in total. The van der Waals surface area contributed by atoms with Crippen molar-refractivity contribution in [3.63, 3.8) is 0 Å². The van der Waals surface area contributed by atoms with Gasteiger partial charge in [-0.05, 0) is 45.4 Å². The van der Waals surface area contributed by atoms with Gasteiger partial charge in [0.25, 0.3) is 0 Å². The summed E-state index contributed by atoms with van der Waals surface area (Å²) < 4.78 is 12.6. The van der Waals surface area contributed by atoms with Crippen molar-refractivity contribution in [2.24, 2.45) is 5.92 Å². The summed E-state index contributed by atoms with van der Waals surface area (Å²) in [4.78, 5) is 15.5. The van der Waals surface area contributed by atoms with Crippen LogP contribution in [0.4, 0.5) is 0 Å². The molecule has 0 amide bonds. The lowest BCUT2D eigenvalue weighted by Crippen LogP contribution is -2.38. The van der Waals surface area contributed by atoms with E-state index < -0.39 is 0 Å². The molecule has 0 radical (unpaired) electrons. The summed E-state index contributed by atoms with van der Waals surface area (Å²) in [5.41, 5.74) is 1.83. The Kier molecular flexibility index (Phi) is 6.16. The summed E-state index contributed by atoms with van der Waals surface area (Å²) >= 11 is 0. The highest BCUT2D eigenvalue weighted by Gasteiger charge is 2.28. The maximum Gasteiger partial charge on any atom is 0.170 e. The van der Waals surface area contributed by atoms with Gasteiger partial charge in [0.1, 0.15) is 11.5 Å². The fraction of sp³-hybridized carbons (Fsp3) is 0.524. The predicted octanol–water partition coefficient (Wildman–Crippen LogP) is 3.58. The van der Waals surface area contributed by atoms with E-state index in [2.05, 4.69) is 30.0 Å². The Labute approximate surface area is 161 Å². The van der Waals surface area contributed by atoms with E-state index in [1.54, 1.807) is 20.3 Å². The van der Waals surface area contributed by atoms with Gasteiger partial charge in [-0.1, -0.05) is 0 Å². The van der Waals surface area contributed by atoms with Gasteiger partial charge in [-0.3, -0.25) is 14.4 Å². The van der Waals surface area contributed by atoms with Crippen LogP contribution < -0.4 is 9.47 Å². The number of hydrogen-bond donors (Lipinski definition) is 0. The van der Waals surface area contributed by atoms with Gasteiger partial charge in [-0.2, -0.15) is 5.10 Å². The number of aromatic nitrogens is 2. The van der Waals surface area contributed by atoms with Gasteiger partial charge in [-0.25, -0.2) is 0 Å². The summed E-state index contributed by atoms with van der Waals surface area (Å²) in [7, 11) is 3.20. The van der Waals surface area contributed by atoms with E-state index in [4.69, 9.17) is 9.47 Å². The molecule has 146 valence electrons. The summed E-state index contributed by atoms with van der Waals surface area (Å²) in [6.07, 6.45) is 5.96. The van der Waals surface area contributed by atoms with Crippen LogP contribution in [0.25, 0.3) is 0 Å². The number of nitrogens with zero attached hydrogens (tertiary/aromatic N) is 3. The Morgan fingerprint density at radius 3 is 2.78 bits per heavy atom. The first-order valence-corrected chi connectivity index (χ1v) is 9.53. The van der Waals surface area contributed by atoms with Crippen molar-refractivity contribution < 1.29 is 14.3 Å². The lowest BCUT2D eigenvalue weighted by Gasteiger charge is -2.31. The molecular weight excluding hydrogens is 342 g/mol. The van der Waals surface area contributed by atoms with Crippen LogP contribution in [-0.4, -0.2) is 47.8 Å². The van der Waals surface area contributed by atoms with E-state index in [-0.39, 0.29) is 11.7 Å². The van der Waals surface area contributed by atoms with Gasteiger partial charge < -0.3 is 9.47 Å². The number of likely N-dealkylation sites (tertiary alicyclic amines) is 1. The van der Waals surface area contributed by atoms with Crippen LogP contribution in [0.5, 0.6) is 11.5 Å². The Bertz CT molecular complexity index is 785. The fourth-order valence-electron chi connectivity index (χ4n) is 3.63. The zero-order chi connectivity index (χ0) is 19.4. The summed E-state index contributed by atoms with van der Waals surface area (Å²) in [6.45, 7) is 6.84. The van der Waals surface area contributed by atoms with Gasteiger partial charge in [0.05, 0.1) is 26.0 Å². The SMILES string of the molecule is COc1ccc(C(=O)[C@H]2CCCN(Cc3cnn(C(C)C)c3)C2)c(OC)c1. The molecule has 27 heavy (non-hydrogen) atoms. The third kappa shape index (κ3) is 4.50. The molecule has 2 aromatic rings. The van der Waals surface area contributed by atoms with Crippen LogP contribution in [0, 0.1) is 5.92 Å². The molecule has 2 heterocycles. The molecule has 0 N–H and O–H groups in total. The standard InChI is InChI=1S/C21H29N3O3/c1-15(2)24-13-16(11-22-24)12-23-9-5-6-17(14-23)21(25)19-8-7-18(26-3)10-20(19)27-4/h7-8,10-11,13,15,17H,5-6,9,12,14H2,1-4H3/t17-/m0/s1. The number of carbonyl (C=O) groups is 1. The van der Waals surface area contributed by atoms with Crippen molar-refractivity contribution in [3.8, 4) is 11.5 Å². The van der Waals surface area contributed by atoms with E-state index in [0.29, 0.717) is 23.1 Å². The van der Waals surface area contributed by atoms with Crippen LogP contribution in [0.1, 0.15) is 48.7 Å². The monoisotopic (exact) mass is 371 g/mol. The van der Waals surface area contributed by atoms with E-state index in [1.807, 2.05) is 23.0 Å². The minimum Gasteiger partial charge on any atom is -0.497 e. The lowest BCUT2D eigenvalue weighted by atomic mass is 9.89. The summed E-state index contributed by atoms with van der Waals surface area (Å²) in [6, 6.07) is 5.76. The first kappa shape index (κ1) is 19.4. The molecule has 0 bridgehead atoms. The molecule has 6 heteroatoms. The number of hydrogen-bond acceptors (Lipinski definition) is 5. The molecule has 0 unspecified atom stereocenters. The molecule has 1 fully saturated rings. The van der Waals surface area contributed by atoms with Gasteiger partial charge in [0, 0.05) is 42.9 Å². The highest BCUT2D eigenvalue weighted by molar-refractivity contribution is 6.00. The Morgan fingerprint density at radius 2 is 2.11 bits per heavy atom. The first-order valence-electron chi connectivity index (χ1n) is 9.53. The van der Waals surface area contributed by atoms with E-state index in [1.165, 1.54) is 5.56 Å². The molecule has 1 saturated heterocycles. The van der Waals surface area contributed by atoms with Crippen LogP contribution in [0.3, 0.4) is 0 Å². The quantitative estimate of drug-likeness (QED) is 0.697. The van der Waals surface area contributed by atoms with Crippen LogP contribution in [-0.2, 0) is 6.54 Å². The van der Waals surface area contributed by atoms with E-state index in [9.17, 15) is 4.79 Å². The largest absolute Gasteiger partial charge is 0.497 e. The zero-order valence-corrected chi connectivity index (χ0v) is 16.6. The molecule has 0 saturated carbocycles. The lowest BCUT2D eigenvalue weighted by molar-refractivity contribution is 0.0808. The van der Waals surface area contributed by atoms with Crippen molar-refractivity contribution in [1.29, 1.82) is 0 Å². The third-order valence-electron chi connectivity index (χ3n) is 5.14. The number of ether oxygens (including phenoxy) is 2. The van der Waals surface area contributed by atoms with Crippen LogP contribution in [0.2, 0.25) is 0 Å². The molecular formula is C21H29N3O3. The van der Waals surface area contributed by atoms with Gasteiger partial charge in [0.15, 0.2) is 5.78 Å². The molecule has 1 aliphatic rings. The average molecular weight is 371 g/mol. The first-order chi connectivity index (χ1) is 13.0. The minimum absolute atomic E-state index is 0.0128. The number of ketones is 1. The predicted molar refractivity (Wildman–Crippen MR) is 104 cm³/mol. The fourth-order valence-corrected chi connectivity index (χ4v) is 3.63. The maximum atomic E-state index is 13.1. The highest BCUT2D eigenvalue weighted by atomic mass is 16.5. The molecule has 0 aliphatic carbocycles. The summed E-state index contributed by atoms with van der Waals surface area (Å²) in [5.74, 6) is 1.41. The summed E-state index contributed by atoms with van der Waals surface area (Å²) in [5, 5.41) is 4.42. The minimum atomic E-state index is -0.0128. The van der Waals surface area contributed by atoms with Crippen LogP contribution in [0.15, 0.2) is 30.6 Å². The van der Waals surface area contributed by atoms with Crippen molar-refractivity contribution >= 4 is 5.78 Å². The molecule has 1 aromatic carbocycles. The second-order valence-corrected chi connectivity index (χ2v) is 7.43. The van der Waals surface area contributed by atoms with Crippen molar-refractivity contribution in [3.05, 3.63) is 41.7 Å². The maximum absolute atomic E-state index is 13.1. The Hall–Kier alpha value is -2.34. The number of methoxy groups -OCH3 is 2. The highest BCUT2D eigenvalue weighted by Crippen LogP contribution is 2.30. The van der Waals surface area contributed by atoms with Gasteiger partial charge >= 0.3 is 0 Å².